The molecule has 1 heterocycles. The molecule has 1 unspecified atom stereocenters. The maximum atomic E-state index is 6.31. The van der Waals surface area contributed by atoms with Crippen molar-refractivity contribution in [1.29, 1.82) is 0 Å². The highest BCUT2D eigenvalue weighted by Crippen LogP contribution is 2.43. The predicted molar refractivity (Wildman–Crippen MR) is 75.9 cm³/mol. The van der Waals surface area contributed by atoms with Crippen LogP contribution >= 0.6 is 0 Å². The number of hydrogen-bond acceptors (Lipinski definition) is 3. The highest BCUT2D eigenvalue weighted by molar-refractivity contribution is 4.93. The van der Waals surface area contributed by atoms with Crippen LogP contribution in [0.15, 0.2) is 0 Å². The fourth-order valence-electron chi connectivity index (χ4n) is 3.12. The summed E-state index contributed by atoms with van der Waals surface area (Å²) in [6.07, 6.45) is 8.31. The number of hydrogen-bond donors (Lipinski definition) is 1. The van der Waals surface area contributed by atoms with Crippen molar-refractivity contribution in [3.05, 3.63) is 0 Å². The Hall–Kier alpha value is -0.120. The first-order valence-electron chi connectivity index (χ1n) is 7.50. The molecule has 0 aromatic carbocycles. The molecule has 1 N–H and O–H groups in total. The average molecular weight is 254 g/mol. The molecule has 0 bridgehead atoms. The third-order valence-corrected chi connectivity index (χ3v) is 4.99. The molecule has 0 radical (unpaired) electrons. The summed E-state index contributed by atoms with van der Waals surface area (Å²) >= 11 is 0. The monoisotopic (exact) mass is 254 g/mol. The van der Waals surface area contributed by atoms with Crippen LogP contribution in [-0.4, -0.2) is 49.3 Å². The van der Waals surface area contributed by atoms with E-state index in [0.717, 1.165) is 13.1 Å². The Balaban J connectivity index is 1.69. The summed E-state index contributed by atoms with van der Waals surface area (Å²) in [6, 6.07) is 0. The Morgan fingerprint density at radius 1 is 1.22 bits per heavy atom. The second kappa shape index (κ2) is 5.48. The number of nitrogens with zero attached hydrogens (tertiary/aromatic N) is 1. The summed E-state index contributed by atoms with van der Waals surface area (Å²) in [6.45, 7) is 6.58. The van der Waals surface area contributed by atoms with Crippen molar-refractivity contribution < 1.29 is 4.74 Å². The van der Waals surface area contributed by atoms with Gasteiger partial charge in [-0.05, 0) is 53.6 Å². The van der Waals surface area contributed by atoms with Crippen LogP contribution in [0.25, 0.3) is 0 Å². The topological polar surface area (TPSA) is 24.5 Å². The van der Waals surface area contributed by atoms with Gasteiger partial charge < -0.3 is 15.0 Å². The number of nitrogens with one attached hydrogen (secondary N) is 1. The first-order valence-corrected chi connectivity index (χ1v) is 7.50. The van der Waals surface area contributed by atoms with Crippen molar-refractivity contribution in [2.75, 3.05) is 27.2 Å². The van der Waals surface area contributed by atoms with Crippen LogP contribution in [0.5, 0.6) is 0 Å². The molecule has 3 nitrogen and oxygen atoms in total. The van der Waals surface area contributed by atoms with E-state index in [4.69, 9.17) is 4.74 Å². The zero-order chi connectivity index (χ0) is 13.2. The van der Waals surface area contributed by atoms with Gasteiger partial charge in [-0.3, -0.25) is 0 Å². The van der Waals surface area contributed by atoms with Crippen LogP contribution in [0.3, 0.4) is 0 Å². The van der Waals surface area contributed by atoms with E-state index in [0.29, 0.717) is 6.10 Å². The van der Waals surface area contributed by atoms with Crippen LogP contribution in [0.4, 0.5) is 0 Å². The van der Waals surface area contributed by atoms with Crippen molar-refractivity contribution in [2.45, 2.75) is 69.6 Å². The fraction of sp³-hybridized carbons (Fsp3) is 1.00. The van der Waals surface area contributed by atoms with Gasteiger partial charge in [-0.1, -0.05) is 12.8 Å². The first kappa shape index (κ1) is 14.3. The van der Waals surface area contributed by atoms with Gasteiger partial charge in [0, 0.05) is 18.6 Å². The molecule has 106 valence electrons. The van der Waals surface area contributed by atoms with Gasteiger partial charge in [0.25, 0.3) is 0 Å². The zero-order valence-corrected chi connectivity index (χ0v) is 12.6. The van der Waals surface area contributed by atoms with Crippen molar-refractivity contribution in [2.24, 2.45) is 0 Å². The molecule has 2 rings (SSSR count). The van der Waals surface area contributed by atoms with E-state index in [1.165, 1.54) is 38.5 Å². The van der Waals surface area contributed by atoms with Crippen LogP contribution in [0.2, 0.25) is 0 Å². The second-order valence-electron chi connectivity index (χ2n) is 7.01. The lowest BCUT2D eigenvalue weighted by atomic mass is 9.98. The Bertz CT molecular complexity index is 270. The smallest absolute Gasteiger partial charge is 0.0708 e. The lowest BCUT2D eigenvalue weighted by molar-refractivity contribution is -0.0357. The Labute approximate surface area is 112 Å². The van der Waals surface area contributed by atoms with Gasteiger partial charge in [0.2, 0.25) is 0 Å². The molecule has 1 aliphatic heterocycles. The third kappa shape index (κ3) is 3.25. The summed E-state index contributed by atoms with van der Waals surface area (Å²) in [4.78, 5) is 2.27. The lowest BCUT2D eigenvalue weighted by Gasteiger charge is -2.33. The Morgan fingerprint density at radius 3 is 2.50 bits per heavy atom. The van der Waals surface area contributed by atoms with E-state index < -0.39 is 0 Å². The average Bonchev–Trinajstić information content (AvgIpc) is 2.90. The lowest BCUT2D eigenvalue weighted by Crippen LogP contribution is -2.48. The van der Waals surface area contributed by atoms with Crippen molar-refractivity contribution in [3.63, 3.8) is 0 Å². The van der Waals surface area contributed by atoms with Gasteiger partial charge in [0.05, 0.1) is 11.7 Å². The molecule has 1 spiro atoms. The second-order valence-corrected chi connectivity index (χ2v) is 7.01. The Morgan fingerprint density at radius 2 is 1.89 bits per heavy atom. The van der Waals surface area contributed by atoms with E-state index in [9.17, 15) is 0 Å². The van der Waals surface area contributed by atoms with Gasteiger partial charge in [-0.25, -0.2) is 0 Å². The summed E-state index contributed by atoms with van der Waals surface area (Å²) in [5.41, 5.74) is 0.493. The minimum absolute atomic E-state index is 0.212. The first-order chi connectivity index (χ1) is 8.44. The highest BCUT2D eigenvalue weighted by atomic mass is 16.5. The molecule has 0 amide bonds. The summed E-state index contributed by atoms with van der Waals surface area (Å²) in [5, 5.41) is 3.59. The van der Waals surface area contributed by atoms with Gasteiger partial charge in [0.1, 0.15) is 0 Å². The normalized spacial score (nSPS) is 27.5. The molecule has 3 heteroatoms. The van der Waals surface area contributed by atoms with Crippen molar-refractivity contribution in [1.82, 2.24) is 10.2 Å². The van der Waals surface area contributed by atoms with E-state index in [1.807, 2.05) is 0 Å². The fourth-order valence-corrected chi connectivity index (χ4v) is 3.12. The molecule has 1 atom stereocenters. The van der Waals surface area contributed by atoms with Gasteiger partial charge in [-0.15, -0.1) is 0 Å². The molecule has 0 aromatic heterocycles. The van der Waals surface area contributed by atoms with Crippen LogP contribution in [0.1, 0.15) is 52.4 Å². The molecule has 1 saturated heterocycles. The third-order valence-electron chi connectivity index (χ3n) is 4.99. The largest absolute Gasteiger partial charge is 0.370 e. The number of rotatable bonds is 5. The SMILES string of the molecule is CN(C)C(C)(C)CNCC1CCC2(CCCC2)O1. The zero-order valence-electron chi connectivity index (χ0n) is 12.6. The van der Waals surface area contributed by atoms with E-state index in [2.05, 4.69) is 38.2 Å². The maximum Gasteiger partial charge on any atom is 0.0708 e. The molecule has 18 heavy (non-hydrogen) atoms. The van der Waals surface area contributed by atoms with E-state index in [-0.39, 0.29) is 11.1 Å². The molecule has 2 aliphatic rings. The molecular weight excluding hydrogens is 224 g/mol. The predicted octanol–water partition coefficient (Wildman–Crippen LogP) is 2.41. The number of ether oxygens (including phenoxy) is 1. The quantitative estimate of drug-likeness (QED) is 0.815. The van der Waals surface area contributed by atoms with E-state index >= 15 is 0 Å². The van der Waals surface area contributed by atoms with E-state index in [1.54, 1.807) is 0 Å². The van der Waals surface area contributed by atoms with Crippen LogP contribution in [0, 0.1) is 0 Å². The van der Waals surface area contributed by atoms with Crippen molar-refractivity contribution >= 4 is 0 Å². The minimum Gasteiger partial charge on any atom is -0.370 e. The Kier molecular flexibility index (Phi) is 4.35. The van der Waals surface area contributed by atoms with Crippen LogP contribution < -0.4 is 5.32 Å². The summed E-state index contributed by atoms with van der Waals surface area (Å²) < 4.78 is 6.31. The highest BCUT2D eigenvalue weighted by Gasteiger charge is 2.41. The summed E-state index contributed by atoms with van der Waals surface area (Å²) in [7, 11) is 4.28. The molecular formula is C15H30N2O. The van der Waals surface area contributed by atoms with Gasteiger partial charge >= 0.3 is 0 Å². The molecule has 1 aliphatic carbocycles. The molecule has 2 fully saturated rings. The standard InChI is InChI=1S/C15H30N2O/c1-14(2,17(3)4)12-16-11-13-7-10-15(18-13)8-5-6-9-15/h13,16H,5-12H2,1-4H3. The maximum absolute atomic E-state index is 6.31. The minimum atomic E-state index is 0.212. The summed E-state index contributed by atoms with van der Waals surface area (Å²) in [5.74, 6) is 0. The van der Waals surface area contributed by atoms with Crippen molar-refractivity contribution in [3.8, 4) is 0 Å². The molecule has 0 aromatic rings. The van der Waals surface area contributed by atoms with Gasteiger partial charge in [0.15, 0.2) is 0 Å². The molecule has 1 saturated carbocycles. The number of likely N-dealkylation sites (N-methyl/N-ethyl adjacent to an activating group) is 1. The van der Waals surface area contributed by atoms with Gasteiger partial charge in [-0.2, -0.15) is 0 Å². The van der Waals surface area contributed by atoms with Crippen LogP contribution in [-0.2, 0) is 4.74 Å².